The van der Waals surface area contributed by atoms with Crippen molar-refractivity contribution in [2.24, 2.45) is 0 Å². The van der Waals surface area contributed by atoms with Crippen molar-refractivity contribution >= 4 is 25.5 Å². The summed E-state index contributed by atoms with van der Waals surface area (Å²) < 4.78 is 0. The zero-order valence-corrected chi connectivity index (χ0v) is 11.8. The first-order valence-electron chi connectivity index (χ1n) is 6.07. The standard InChI is InChI=1S/C16H18NP/c1-13(12-18-2)15-10-6-7-11-16(15)17-14-8-4-3-5-9-14/h3-12,17-18H,1-2H3/b13-12+. The Hall–Kier alpha value is -1.59. The van der Waals surface area contributed by atoms with Crippen LogP contribution >= 0.6 is 8.58 Å². The maximum atomic E-state index is 3.47. The molecule has 0 saturated heterocycles. The number of hydrogen-bond acceptors (Lipinski definition) is 1. The lowest BCUT2D eigenvalue weighted by Gasteiger charge is -2.12. The third-order valence-corrected chi connectivity index (χ3v) is 3.49. The molecule has 2 aromatic carbocycles. The number of hydrogen-bond donors (Lipinski definition) is 1. The fourth-order valence-corrected chi connectivity index (χ4v) is 2.50. The molecule has 1 nitrogen and oxygen atoms in total. The Morgan fingerprint density at radius 1 is 1.00 bits per heavy atom. The van der Waals surface area contributed by atoms with Crippen LogP contribution in [0.15, 0.2) is 60.4 Å². The molecule has 0 amide bonds. The Labute approximate surface area is 111 Å². The summed E-state index contributed by atoms with van der Waals surface area (Å²) in [4.78, 5) is 0. The van der Waals surface area contributed by atoms with E-state index in [0.29, 0.717) is 0 Å². The smallest absolute Gasteiger partial charge is 0.0460 e. The van der Waals surface area contributed by atoms with Crippen molar-refractivity contribution in [3.05, 3.63) is 66.0 Å². The van der Waals surface area contributed by atoms with Gasteiger partial charge in [0.2, 0.25) is 0 Å². The second-order valence-electron chi connectivity index (χ2n) is 4.15. The van der Waals surface area contributed by atoms with E-state index in [2.05, 4.69) is 61.1 Å². The van der Waals surface area contributed by atoms with E-state index in [0.717, 1.165) is 20.0 Å². The number of benzene rings is 2. The van der Waals surface area contributed by atoms with Crippen LogP contribution in [0.25, 0.3) is 5.57 Å². The van der Waals surface area contributed by atoms with Gasteiger partial charge in [-0.25, -0.2) is 0 Å². The van der Waals surface area contributed by atoms with Crippen molar-refractivity contribution in [3.8, 4) is 0 Å². The molecule has 0 spiro atoms. The van der Waals surface area contributed by atoms with Gasteiger partial charge in [0.15, 0.2) is 0 Å². The van der Waals surface area contributed by atoms with Crippen LogP contribution in [0.4, 0.5) is 11.4 Å². The van der Waals surface area contributed by atoms with Gasteiger partial charge in [0.1, 0.15) is 0 Å². The molecule has 0 bridgehead atoms. The maximum absolute atomic E-state index is 3.47. The normalized spacial score (nSPS) is 12.0. The summed E-state index contributed by atoms with van der Waals surface area (Å²) in [6.45, 7) is 4.36. The summed E-state index contributed by atoms with van der Waals surface area (Å²) in [6.07, 6.45) is 0. The van der Waals surface area contributed by atoms with E-state index in [1.165, 1.54) is 11.1 Å². The first-order chi connectivity index (χ1) is 8.81. The Bertz CT molecular complexity index is 532. The molecule has 1 unspecified atom stereocenters. The van der Waals surface area contributed by atoms with E-state index in [4.69, 9.17) is 0 Å². The molecule has 2 aromatic rings. The molecule has 92 valence electrons. The molecule has 0 fully saturated rings. The summed E-state index contributed by atoms with van der Waals surface area (Å²) in [7, 11) is 0.838. The minimum absolute atomic E-state index is 0.838. The molecular formula is C16H18NP. The summed E-state index contributed by atoms with van der Waals surface area (Å²) in [6, 6.07) is 18.7. The van der Waals surface area contributed by atoms with Gasteiger partial charge in [0, 0.05) is 16.9 Å². The zero-order chi connectivity index (χ0) is 12.8. The van der Waals surface area contributed by atoms with E-state index < -0.39 is 0 Å². The Morgan fingerprint density at radius 3 is 2.39 bits per heavy atom. The highest BCUT2D eigenvalue weighted by Crippen LogP contribution is 2.28. The summed E-state index contributed by atoms with van der Waals surface area (Å²) in [5.74, 6) is 2.28. The van der Waals surface area contributed by atoms with Gasteiger partial charge in [-0.2, -0.15) is 0 Å². The molecule has 1 atom stereocenters. The Kier molecular flexibility index (Phi) is 4.55. The van der Waals surface area contributed by atoms with Gasteiger partial charge < -0.3 is 5.32 Å². The van der Waals surface area contributed by atoms with Gasteiger partial charge in [-0.05, 0) is 37.4 Å². The predicted molar refractivity (Wildman–Crippen MR) is 84.1 cm³/mol. The van der Waals surface area contributed by atoms with Crippen LogP contribution in [0.3, 0.4) is 0 Å². The summed E-state index contributed by atoms with van der Waals surface area (Å²) >= 11 is 0. The van der Waals surface area contributed by atoms with Crippen molar-refractivity contribution in [1.29, 1.82) is 0 Å². The maximum Gasteiger partial charge on any atom is 0.0460 e. The van der Waals surface area contributed by atoms with Gasteiger partial charge in [0.25, 0.3) is 0 Å². The average Bonchev–Trinajstić information content (AvgIpc) is 2.41. The van der Waals surface area contributed by atoms with Crippen LogP contribution in [-0.4, -0.2) is 6.66 Å². The van der Waals surface area contributed by atoms with Crippen LogP contribution in [-0.2, 0) is 0 Å². The molecular weight excluding hydrogens is 237 g/mol. The minimum atomic E-state index is 0.838. The molecule has 0 aromatic heterocycles. The van der Waals surface area contributed by atoms with E-state index in [1.807, 2.05) is 18.2 Å². The first kappa shape index (κ1) is 12.9. The van der Waals surface area contributed by atoms with Crippen LogP contribution in [0, 0.1) is 0 Å². The van der Waals surface area contributed by atoms with Gasteiger partial charge in [0.05, 0.1) is 0 Å². The monoisotopic (exact) mass is 255 g/mol. The van der Waals surface area contributed by atoms with Crippen molar-refractivity contribution in [3.63, 3.8) is 0 Å². The second kappa shape index (κ2) is 6.37. The van der Waals surface area contributed by atoms with E-state index in [1.54, 1.807) is 0 Å². The van der Waals surface area contributed by atoms with E-state index in [9.17, 15) is 0 Å². The predicted octanol–water partition coefficient (Wildman–Crippen LogP) is 5.10. The topological polar surface area (TPSA) is 12.0 Å². The molecule has 2 rings (SSSR count). The van der Waals surface area contributed by atoms with Crippen molar-refractivity contribution < 1.29 is 0 Å². The largest absolute Gasteiger partial charge is 0.355 e. The highest BCUT2D eigenvalue weighted by atomic mass is 31.1. The molecule has 18 heavy (non-hydrogen) atoms. The van der Waals surface area contributed by atoms with Gasteiger partial charge in [-0.3, -0.25) is 0 Å². The molecule has 0 heterocycles. The fourth-order valence-electron chi connectivity index (χ4n) is 1.91. The average molecular weight is 255 g/mol. The van der Waals surface area contributed by atoms with Gasteiger partial charge in [-0.15, -0.1) is 8.58 Å². The number of para-hydroxylation sites is 2. The molecule has 1 N–H and O–H groups in total. The number of rotatable bonds is 4. The van der Waals surface area contributed by atoms with Gasteiger partial charge in [-0.1, -0.05) is 42.2 Å². The fraction of sp³-hybridized carbons (Fsp3) is 0.125. The zero-order valence-electron chi connectivity index (χ0n) is 10.8. The van der Waals surface area contributed by atoms with Crippen molar-refractivity contribution in [2.45, 2.75) is 6.92 Å². The van der Waals surface area contributed by atoms with Gasteiger partial charge >= 0.3 is 0 Å². The quantitative estimate of drug-likeness (QED) is 0.749. The van der Waals surface area contributed by atoms with E-state index in [-0.39, 0.29) is 0 Å². The Balaban J connectivity index is 2.31. The molecule has 0 aliphatic rings. The van der Waals surface area contributed by atoms with Crippen molar-refractivity contribution in [2.75, 3.05) is 12.0 Å². The van der Waals surface area contributed by atoms with Crippen LogP contribution in [0.5, 0.6) is 0 Å². The molecule has 2 heteroatoms. The van der Waals surface area contributed by atoms with Crippen LogP contribution < -0.4 is 5.32 Å². The Morgan fingerprint density at radius 2 is 1.67 bits per heavy atom. The second-order valence-corrected chi connectivity index (χ2v) is 5.02. The van der Waals surface area contributed by atoms with Crippen LogP contribution in [0.2, 0.25) is 0 Å². The lowest BCUT2D eigenvalue weighted by Crippen LogP contribution is -1.94. The molecule has 0 saturated carbocycles. The number of allylic oxidation sites excluding steroid dienone is 1. The first-order valence-corrected chi connectivity index (χ1v) is 7.64. The highest BCUT2D eigenvalue weighted by molar-refractivity contribution is 7.41. The van der Waals surface area contributed by atoms with E-state index >= 15 is 0 Å². The summed E-state index contributed by atoms with van der Waals surface area (Å²) in [5.41, 5.74) is 4.89. The molecule has 0 radical (unpaired) electrons. The number of nitrogens with one attached hydrogen (secondary N) is 1. The molecule has 0 aliphatic carbocycles. The number of anilines is 2. The third-order valence-electron chi connectivity index (χ3n) is 2.77. The highest BCUT2D eigenvalue weighted by Gasteiger charge is 2.03. The molecule has 0 aliphatic heterocycles. The minimum Gasteiger partial charge on any atom is -0.355 e. The lowest BCUT2D eigenvalue weighted by atomic mass is 10.1. The van der Waals surface area contributed by atoms with Crippen molar-refractivity contribution in [1.82, 2.24) is 0 Å². The summed E-state index contributed by atoms with van der Waals surface area (Å²) in [5, 5.41) is 3.47. The van der Waals surface area contributed by atoms with Crippen LogP contribution in [0.1, 0.15) is 12.5 Å². The SMILES string of the molecule is CP/C=C(\C)c1ccccc1Nc1ccccc1. The lowest BCUT2D eigenvalue weighted by molar-refractivity contribution is 1.50. The third kappa shape index (κ3) is 3.21.